The van der Waals surface area contributed by atoms with Gasteiger partial charge in [0.1, 0.15) is 12.4 Å². The lowest BCUT2D eigenvalue weighted by Gasteiger charge is -2.25. The number of esters is 1. The summed E-state index contributed by atoms with van der Waals surface area (Å²) in [6, 6.07) is 20.5. The normalized spacial score (nSPS) is 14.5. The molecule has 0 saturated carbocycles. The van der Waals surface area contributed by atoms with E-state index in [4.69, 9.17) is 23.9 Å². The number of methoxy groups -OCH3 is 1. The van der Waals surface area contributed by atoms with E-state index in [0.29, 0.717) is 50.7 Å². The van der Waals surface area contributed by atoms with E-state index in [1.807, 2.05) is 80.6 Å². The number of fused-ring (bicyclic) bond motifs is 1. The smallest absolute Gasteiger partial charge is 0.338 e. The molecule has 0 spiro atoms. The minimum atomic E-state index is -0.774. The average Bonchev–Trinajstić information content (AvgIpc) is 3.34. The van der Waals surface area contributed by atoms with E-state index in [0.717, 1.165) is 22.4 Å². The fourth-order valence-electron chi connectivity index (χ4n) is 5.34. The second-order valence-electron chi connectivity index (χ2n) is 11.0. The van der Waals surface area contributed by atoms with Crippen molar-refractivity contribution >= 4 is 23.4 Å². The second kappa shape index (κ2) is 14.5. The molecule has 3 aromatic carbocycles. The Labute approximate surface area is 272 Å². The second-order valence-corrected chi connectivity index (χ2v) is 12.0. The van der Waals surface area contributed by atoms with E-state index in [1.165, 1.54) is 11.3 Å². The number of aromatic nitrogens is 1. The molecule has 4 aromatic rings. The number of rotatable bonds is 12. The molecule has 0 amide bonds. The summed E-state index contributed by atoms with van der Waals surface area (Å²) < 4.78 is 25.2. The number of hydrogen-bond acceptors (Lipinski definition) is 8. The van der Waals surface area contributed by atoms with Crippen molar-refractivity contribution in [3.8, 4) is 17.2 Å². The molecular formula is C37H38N2O6S. The van der Waals surface area contributed by atoms with Gasteiger partial charge in [-0.1, -0.05) is 59.9 Å². The Morgan fingerprint density at radius 1 is 1.07 bits per heavy atom. The Bertz CT molecular complexity index is 1960. The SMILES string of the molecule is C=CCc1cc(/C=c2\sc3n(c2=O)[C@@H](c2ccc(OC(C)C)c(OC)c2)C(C(=O)OCC)=C(C)N=3)ccc1OCc1ccccc1. The van der Waals surface area contributed by atoms with Gasteiger partial charge in [0, 0.05) is 0 Å². The highest BCUT2D eigenvalue weighted by molar-refractivity contribution is 7.07. The summed E-state index contributed by atoms with van der Waals surface area (Å²) in [7, 11) is 1.56. The van der Waals surface area contributed by atoms with E-state index in [1.54, 1.807) is 37.7 Å². The third kappa shape index (κ3) is 7.00. The molecule has 9 heteroatoms. The summed E-state index contributed by atoms with van der Waals surface area (Å²) in [6.07, 6.45) is 4.21. The Hall–Kier alpha value is -4.89. The molecule has 2 heterocycles. The molecule has 1 aliphatic rings. The van der Waals surface area contributed by atoms with Crippen molar-refractivity contribution in [2.24, 2.45) is 4.99 Å². The predicted octanol–water partition coefficient (Wildman–Crippen LogP) is 5.90. The van der Waals surface area contributed by atoms with Crippen LogP contribution in [0.2, 0.25) is 0 Å². The first-order valence-corrected chi connectivity index (χ1v) is 16.0. The predicted molar refractivity (Wildman–Crippen MR) is 180 cm³/mol. The standard InChI is InChI=1S/C37H38N2O6S/c1-7-12-27-19-26(15-17-29(27)44-22-25-13-10-9-11-14-25)20-32-35(40)39-34(28-16-18-30(45-23(3)4)31(21-28)42-6)33(36(41)43-8-2)24(5)38-37(39)46-32/h7,9-11,13-21,23,34H,1,8,12,22H2,2-6H3/b32-20-/t34-/m0/s1. The molecule has 1 atom stereocenters. The molecule has 238 valence electrons. The van der Waals surface area contributed by atoms with E-state index >= 15 is 0 Å². The number of nitrogens with zero attached hydrogens (tertiary/aromatic N) is 2. The van der Waals surface area contributed by atoms with E-state index in [-0.39, 0.29) is 18.3 Å². The van der Waals surface area contributed by atoms with Crippen molar-refractivity contribution in [1.82, 2.24) is 4.57 Å². The van der Waals surface area contributed by atoms with Crippen LogP contribution in [0.15, 0.2) is 100 Å². The van der Waals surface area contributed by atoms with E-state index < -0.39 is 12.0 Å². The first kappa shape index (κ1) is 32.5. The van der Waals surface area contributed by atoms with Crippen LogP contribution in [-0.2, 0) is 22.6 Å². The number of hydrogen-bond donors (Lipinski definition) is 0. The summed E-state index contributed by atoms with van der Waals surface area (Å²) in [5.41, 5.74) is 4.07. The molecule has 0 fully saturated rings. The molecule has 1 aromatic heterocycles. The summed E-state index contributed by atoms with van der Waals surface area (Å²) in [4.78, 5) is 32.6. The van der Waals surface area contributed by atoms with Gasteiger partial charge in [-0.3, -0.25) is 9.36 Å². The summed E-state index contributed by atoms with van der Waals surface area (Å²) in [5, 5.41) is 0. The summed E-state index contributed by atoms with van der Waals surface area (Å²) in [6.45, 7) is 11.9. The third-order valence-corrected chi connectivity index (χ3v) is 8.35. The molecule has 0 N–H and O–H groups in total. The topological polar surface area (TPSA) is 88.4 Å². The number of ether oxygens (including phenoxy) is 4. The number of carbonyl (C=O) groups is 1. The lowest BCUT2D eigenvalue weighted by Crippen LogP contribution is -2.40. The summed E-state index contributed by atoms with van der Waals surface area (Å²) in [5.74, 6) is 1.30. The van der Waals surface area contributed by atoms with E-state index in [2.05, 4.69) is 6.58 Å². The van der Waals surface area contributed by atoms with Gasteiger partial charge in [0.25, 0.3) is 5.56 Å². The molecule has 46 heavy (non-hydrogen) atoms. The molecule has 0 radical (unpaired) electrons. The first-order chi connectivity index (χ1) is 22.2. The van der Waals surface area contributed by atoms with Gasteiger partial charge in [-0.15, -0.1) is 6.58 Å². The van der Waals surface area contributed by atoms with Crippen molar-refractivity contribution in [3.63, 3.8) is 0 Å². The lowest BCUT2D eigenvalue weighted by molar-refractivity contribution is -0.139. The van der Waals surface area contributed by atoms with Crippen LogP contribution in [-0.4, -0.2) is 30.4 Å². The molecule has 8 nitrogen and oxygen atoms in total. The van der Waals surface area contributed by atoms with E-state index in [9.17, 15) is 9.59 Å². The van der Waals surface area contributed by atoms with Gasteiger partial charge in [-0.25, -0.2) is 9.79 Å². The van der Waals surface area contributed by atoms with Crippen LogP contribution in [0.25, 0.3) is 6.08 Å². The molecule has 0 unspecified atom stereocenters. The maximum atomic E-state index is 14.1. The monoisotopic (exact) mass is 638 g/mol. The van der Waals surface area contributed by atoms with Gasteiger partial charge in [0.15, 0.2) is 16.3 Å². The van der Waals surface area contributed by atoms with Gasteiger partial charge >= 0.3 is 5.97 Å². The minimum Gasteiger partial charge on any atom is -0.493 e. The molecule has 0 aliphatic carbocycles. The van der Waals surface area contributed by atoms with Crippen molar-refractivity contribution in [2.45, 2.75) is 52.9 Å². The quantitative estimate of drug-likeness (QED) is 0.142. The van der Waals surface area contributed by atoms with Crippen LogP contribution < -0.4 is 29.1 Å². The molecule has 5 rings (SSSR count). The van der Waals surface area contributed by atoms with Gasteiger partial charge in [-0.05, 0) is 86.7 Å². The number of carbonyl (C=O) groups excluding carboxylic acids is 1. The Morgan fingerprint density at radius 3 is 2.52 bits per heavy atom. The largest absolute Gasteiger partial charge is 0.493 e. The van der Waals surface area contributed by atoms with Crippen LogP contribution >= 0.6 is 11.3 Å². The Morgan fingerprint density at radius 2 is 1.83 bits per heavy atom. The van der Waals surface area contributed by atoms with Crippen LogP contribution in [0.5, 0.6) is 17.2 Å². The third-order valence-electron chi connectivity index (χ3n) is 7.37. The van der Waals surface area contributed by atoms with Crippen molar-refractivity contribution in [3.05, 3.63) is 133 Å². The van der Waals surface area contributed by atoms with Crippen LogP contribution in [0.4, 0.5) is 0 Å². The maximum Gasteiger partial charge on any atom is 0.338 e. The molecular weight excluding hydrogens is 600 g/mol. The zero-order chi connectivity index (χ0) is 32.8. The number of allylic oxidation sites excluding steroid dienone is 2. The number of benzene rings is 3. The maximum absolute atomic E-state index is 14.1. The van der Waals surface area contributed by atoms with Gasteiger partial charge in [-0.2, -0.15) is 0 Å². The van der Waals surface area contributed by atoms with Crippen molar-refractivity contribution in [1.29, 1.82) is 0 Å². The zero-order valence-electron chi connectivity index (χ0n) is 26.7. The zero-order valence-corrected chi connectivity index (χ0v) is 27.6. The van der Waals surface area contributed by atoms with Gasteiger partial charge < -0.3 is 18.9 Å². The first-order valence-electron chi connectivity index (χ1n) is 15.2. The summed E-state index contributed by atoms with van der Waals surface area (Å²) >= 11 is 1.27. The molecule has 0 saturated heterocycles. The highest BCUT2D eigenvalue weighted by atomic mass is 32.1. The number of thiazole rings is 1. The van der Waals surface area contributed by atoms with Crippen molar-refractivity contribution in [2.75, 3.05) is 13.7 Å². The highest BCUT2D eigenvalue weighted by Crippen LogP contribution is 2.36. The Balaban J connectivity index is 1.59. The van der Waals surface area contributed by atoms with Crippen LogP contribution in [0, 0.1) is 0 Å². The average molecular weight is 639 g/mol. The minimum absolute atomic E-state index is 0.0638. The van der Waals surface area contributed by atoms with Gasteiger partial charge in [0.2, 0.25) is 0 Å². The Kier molecular flexibility index (Phi) is 10.2. The molecule has 0 bridgehead atoms. The van der Waals surface area contributed by atoms with Crippen LogP contribution in [0.1, 0.15) is 56.0 Å². The van der Waals surface area contributed by atoms with Crippen molar-refractivity contribution < 1.29 is 23.7 Å². The highest BCUT2D eigenvalue weighted by Gasteiger charge is 2.34. The van der Waals surface area contributed by atoms with Crippen LogP contribution in [0.3, 0.4) is 0 Å². The fraction of sp³-hybridized carbons (Fsp3) is 0.270. The van der Waals surface area contributed by atoms with Gasteiger partial charge in [0.05, 0.1) is 41.7 Å². The molecule has 1 aliphatic heterocycles. The lowest BCUT2D eigenvalue weighted by atomic mass is 9.95. The fourth-order valence-corrected chi connectivity index (χ4v) is 6.39.